The number of amides is 2. The van der Waals surface area contributed by atoms with E-state index in [1.165, 1.54) is 23.0 Å². The number of benzene rings is 2. The van der Waals surface area contributed by atoms with Crippen LogP contribution in [0.25, 0.3) is 22.0 Å². The molecule has 1 aliphatic heterocycles. The largest absolute Gasteiger partial charge is 0.347 e. The molecule has 2 amide bonds. The number of piperidine rings is 1. The summed E-state index contributed by atoms with van der Waals surface area (Å²) in [7, 11) is 0. The van der Waals surface area contributed by atoms with Crippen molar-refractivity contribution < 1.29 is 9.18 Å². The SMILES string of the molecule is O=C(NCc1ccc(F)cc1)N1CCC(Cn2ccc3cc(-c4cn[nH]c4)ccc32)CC1. The lowest BCUT2D eigenvalue weighted by Gasteiger charge is -2.32. The van der Waals surface area contributed by atoms with E-state index in [-0.39, 0.29) is 11.8 Å². The highest BCUT2D eigenvalue weighted by Crippen LogP contribution is 2.27. The van der Waals surface area contributed by atoms with Crippen LogP contribution in [-0.2, 0) is 13.1 Å². The van der Waals surface area contributed by atoms with Crippen LogP contribution in [0.4, 0.5) is 9.18 Å². The van der Waals surface area contributed by atoms with Crippen LogP contribution in [0, 0.1) is 11.7 Å². The third-order valence-electron chi connectivity index (χ3n) is 6.32. The van der Waals surface area contributed by atoms with Gasteiger partial charge in [-0.05, 0) is 60.2 Å². The quantitative estimate of drug-likeness (QED) is 0.477. The summed E-state index contributed by atoms with van der Waals surface area (Å²) < 4.78 is 15.3. The first kappa shape index (κ1) is 20.3. The topological polar surface area (TPSA) is 66.0 Å². The lowest BCUT2D eigenvalue weighted by atomic mass is 9.97. The Morgan fingerprint density at radius 2 is 1.91 bits per heavy atom. The highest BCUT2D eigenvalue weighted by Gasteiger charge is 2.23. The zero-order chi connectivity index (χ0) is 21.9. The summed E-state index contributed by atoms with van der Waals surface area (Å²) >= 11 is 0. The normalized spacial score (nSPS) is 14.7. The third-order valence-corrected chi connectivity index (χ3v) is 6.32. The molecule has 2 N–H and O–H groups in total. The molecule has 2 aromatic carbocycles. The average molecular weight is 432 g/mol. The highest BCUT2D eigenvalue weighted by atomic mass is 19.1. The molecule has 2 aromatic heterocycles. The minimum Gasteiger partial charge on any atom is -0.347 e. The molecule has 0 atom stereocenters. The van der Waals surface area contributed by atoms with Gasteiger partial charge in [-0.2, -0.15) is 5.10 Å². The number of likely N-dealkylation sites (tertiary alicyclic amines) is 1. The molecular weight excluding hydrogens is 405 g/mol. The zero-order valence-corrected chi connectivity index (χ0v) is 17.8. The lowest BCUT2D eigenvalue weighted by molar-refractivity contribution is 0.165. The summed E-state index contributed by atoms with van der Waals surface area (Å²) in [5.74, 6) is 0.274. The van der Waals surface area contributed by atoms with Gasteiger partial charge >= 0.3 is 6.03 Å². The standard InChI is InChI=1S/C25H26FN5O/c26-23-4-1-18(2-5-23)14-27-25(32)30-10-7-19(8-11-30)17-31-12-9-21-13-20(3-6-24(21)31)22-15-28-29-16-22/h1-6,9,12-13,15-16,19H,7-8,10-11,14,17H2,(H,27,32)(H,28,29). The summed E-state index contributed by atoms with van der Waals surface area (Å²) in [6, 6.07) is 14.8. The van der Waals surface area contributed by atoms with Crippen LogP contribution >= 0.6 is 0 Å². The van der Waals surface area contributed by atoms with E-state index in [0.29, 0.717) is 12.5 Å². The van der Waals surface area contributed by atoms with E-state index >= 15 is 0 Å². The Hall–Kier alpha value is -3.61. The van der Waals surface area contributed by atoms with Crippen LogP contribution in [-0.4, -0.2) is 38.8 Å². The molecule has 0 spiro atoms. The lowest BCUT2D eigenvalue weighted by Crippen LogP contribution is -2.44. The van der Waals surface area contributed by atoms with E-state index < -0.39 is 0 Å². The summed E-state index contributed by atoms with van der Waals surface area (Å²) in [6.07, 6.45) is 7.86. The summed E-state index contributed by atoms with van der Waals surface area (Å²) in [6.45, 7) is 2.88. The van der Waals surface area contributed by atoms with Crippen molar-refractivity contribution in [2.75, 3.05) is 13.1 Å². The minimum atomic E-state index is -0.268. The van der Waals surface area contributed by atoms with E-state index in [1.54, 1.807) is 12.1 Å². The molecule has 1 aliphatic rings. The van der Waals surface area contributed by atoms with Crippen LogP contribution in [0.2, 0.25) is 0 Å². The Balaban J connectivity index is 1.15. The first-order valence-corrected chi connectivity index (χ1v) is 11.0. The van der Waals surface area contributed by atoms with Crippen LogP contribution < -0.4 is 5.32 Å². The number of carbonyl (C=O) groups excluding carboxylic acids is 1. The van der Waals surface area contributed by atoms with E-state index in [0.717, 1.165) is 49.2 Å². The summed E-state index contributed by atoms with van der Waals surface area (Å²) in [4.78, 5) is 14.4. The number of aromatic nitrogens is 3. The van der Waals surface area contributed by atoms with Gasteiger partial charge in [0.2, 0.25) is 0 Å². The Labute approximate surface area is 186 Å². The van der Waals surface area contributed by atoms with Crippen molar-refractivity contribution in [2.45, 2.75) is 25.9 Å². The van der Waals surface area contributed by atoms with Gasteiger partial charge in [-0.25, -0.2) is 9.18 Å². The number of aromatic amines is 1. The fourth-order valence-corrected chi connectivity index (χ4v) is 4.44. The second-order valence-electron chi connectivity index (χ2n) is 8.44. The fraction of sp³-hybridized carbons (Fsp3) is 0.280. The highest BCUT2D eigenvalue weighted by molar-refractivity contribution is 5.85. The second-order valence-corrected chi connectivity index (χ2v) is 8.44. The molecule has 7 heteroatoms. The van der Waals surface area contributed by atoms with Crippen molar-refractivity contribution in [3.05, 3.63) is 78.5 Å². The number of halogens is 1. The zero-order valence-electron chi connectivity index (χ0n) is 17.8. The van der Waals surface area contributed by atoms with Gasteiger partial charge in [-0.3, -0.25) is 5.10 Å². The van der Waals surface area contributed by atoms with Crippen LogP contribution in [0.1, 0.15) is 18.4 Å². The predicted octanol–water partition coefficient (Wildman–Crippen LogP) is 4.79. The molecule has 0 radical (unpaired) electrons. The fourth-order valence-electron chi connectivity index (χ4n) is 4.44. The Kier molecular flexibility index (Phi) is 5.62. The molecule has 0 unspecified atom stereocenters. The van der Waals surface area contributed by atoms with Crippen molar-refractivity contribution >= 4 is 16.9 Å². The predicted molar refractivity (Wildman–Crippen MR) is 122 cm³/mol. The number of nitrogens with one attached hydrogen (secondary N) is 2. The van der Waals surface area contributed by atoms with Gasteiger partial charge in [0.1, 0.15) is 5.82 Å². The maximum absolute atomic E-state index is 13.0. The van der Waals surface area contributed by atoms with Gasteiger partial charge < -0.3 is 14.8 Å². The van der Waals surface area contributed by atoms with Crippen LogP contribution in [0.3, 0.4) is 0 Å². The third kappa shape index (κ3) is 4.37. The van der Waals surface area contributed by atoms with Gasteiger partial charge in [-0.15, -0.1) is 0 Å². The van der Waals surface area contributed by atoms with E-state index in [2.05, 4.69) is 50.5 Å². The number of carbonyl (C=O) groups is 1. The van der Waals surface area contributed by atoms with Gasteiger partial charge in [-0.1, -0.05) is 18.2 Å². The van der Waals surface area contributed by atoms with Crippen molar-refractivity contribution in [1.82, 2.24) is 25.0 Å². The molecule has 1 saturated heterocycles. The molecule has 3 heterocycles. The van der Waals surface area contributed by atoms with Gasteiger partial charge in [0.05, 0.1) is 6.20 Å². The first-order valence-electron chi connectivity index (χ1n) is 11.0. The molecule has 1 fully saturated rings. The number of nitrogens with zero attached hydrogens (tertiary/aromatic N) is 3. The Morgan fingerprint density at radius 1 is 1.09 bits per heavy atom. The molecule has 32 heavy (non-hydrogen) atoms. The number of H-pyrrole nitrogens is 1. The molecular formula is C25H26FN5O. The van der Waals surface area contributed by atoms with Gasteiger partial charge in [0.25, 0.3) is 0 Å². The number of rotatable bonds is 5. The van der Waals surface area contributed by atoms with Gasteiger partial charge in [0, 0.05) is 55.0 Å². The number of hydrogen-bond donors (Lipinski definition) is 2. The van der Waals surface area contributed by atoms with Crippen molar-refractivity contribution in [2.24, 2.45) is 5.92 Å². The molecule has 164 valence electrons. The van der Waals surface area contributed by atoms with E-state index in [9.17, 15) is 9.18 Å². The van der Waals surface area contributed by atoms with Crippen molar-refractivity contribution in [3.8, 4) is 11.1 Å². The number of fused-ring (bicyclic) bond motifs is 1. The Morgan fingerprint density at radius 3 is 2.66 bits per heavy atom. The van der Waals surface area contributed by atoms with Crippen molar-refractivity contribution in [1.29, 1.82) is 0 Å². The van der Waals surface area contributed by atoms with Crippen LogP contribution in [0.15, 0.2) is 67.1 Å². The molecule has 0 saturated carbocycles. The Bertz CT molecular complexity index is 1190. The molecule has 4 aromatic rings. The second kappa shape index (κ2) is 8.86. The van der Waals surface area contributed by atoms with E-state index in [4.69, 9.17) is 0 Å². The monoisotopic (exact) mass is 431 g/mol. The van der Waals surface area contributed by atoms with Crippen LogP contribution in [0.5, 0.6) is 0 Å². The maximum atomic E-state index is 13.0. The van der Waals surface area contributed by atoms with E-state index in [1.807, 2.05) is 17.3 Å². The maximum Gasteiger partial charge on any atom is 0.317 e. The smallest absolute Gasteiger partial charge is 0.317 e. The molecule has 0 bridgehead atoms. The summed E-state index contributed by atoms with van der Waals surface area (Å²) in [5.41, 5.74) is 4.37. The number of hydrogen-bond acceptors (Lipinski definition) is 2. The summed E-state index contributed by atoms with van der Waals surface area (Å²) in [5, 5.41) is 11.1. The van der Waals surface area contributed by atoms with Gasteiger partial charge in [0.15, 0.2) is 0 Å². The van der Waals surface area contributed by atoms with Crippen molar-refractivity contribution in [3.63, 3.8) is 0 Å². The molecule has 0 aliphatic carbocycles. The molecule has 6 nitrogen and oxygen atoms in total. The minimum absolute atomic E-state index is 0.0500. The number of urea groups is 1. The first-order chi connectivity index (χ1) is 15.7. The average Bonchev–Trinajstić information content (AvgIpc) is 3.49. The molecule has 5 rings (SSSR count).